The Kier molecular flexibility index (Phi) is 7.29. The summed E-state index contributed by atoms with van der Waals surface area (Å²) in [6.45, 7) is 0. The number of nitrogens with two attached hydrogens (primary N) is 1. The molecule has 3 nitrogen and oxygen atoms in total. The maximum Gasteiger partial charge on any atom is 0.144 e. The number of hydrogen-bond donors (Lipinski definition) is 3. The van der Waals surface area contributed by atoms with Gasteiger partial charge in [0.05, 0.1) is 21.1 Å². The number of hydrogen-bond acceptors (Lipinski definition) is 3. The van der Waals surface area contributed by atoms with Gasteiger partial charge in [-0.05, 0) is 56.7 Å². The lowest BCUT2D eigenvalue weighted by Gasteiger charge is -2.26. The van der Waals surface area contributed by atoms with Crippen LogP contribution in [0.15, 0.2) is 19.5 Å². The van der Waals surface area contributed by atoms with Crippen LogP contribution in [0.2, 0.25) is 0 Å². The lowest BCUT2D eigenvalue weighted by molar-refractivity contribution is 0.0840. The molecule has 20 heavy (non-hydrogen) atoms. The fourth-order valence-corrected chi connectivity index (χ4v) is 5.31. The molecule has 7 heteroatoms. The molecular formula is C13H17Br3ClNO2. The summed E-state index contributed by atoms with van der Waals surface area (Å²) in [4.78, 5) is 0. The maximum absolute atomic E-state index is 10.4. The van der Waals surface area contributed by atoms with Crippen LogP contribution in [-0.4, -0.2) is 16.3 Å². The highest BCUT2D eigenvalue weighted by atomic mass is 79.9. The van der Waals surface area contributed by atoms with Crippen LogP contribution in [0.25, 0.3) is 0 Å². The van der Waals surface area contributed by atoms with Crippen LogP contribution in [0.3, 0.4) is 0 Å². The van der Waals surface area contributed by atoms with Crippen molar-refractivity contribution in [1.82, 2.24) is 0 Å². The van der Waals surface area contributed by atoms with Gasteiger partial charge in [-0.1, -0.05) is 28.8 Å². The lowest BCUT2D eigenvalue weighted by Crippen LogP contribution is -2.32. The van der Waals surface area contributed by atoms with Gasteiger partial charge in [0.1, 0.15) is 5.75 Å². The molecule has 0 saturated heterocycles. The van der Waals surface area contributed by atoms with Crippen molar-refractivity contribution in [3.05, 3.63) is 25.0 Å². The standard InChI is InChI=1S/C13H16Br3NO2.ClH/c14-7-5-8(15)13(19)10(16)9(7)11(17)12(18)6-3-1-2-4-6;/h5-6,11-12,18-19H,1-4,17H2;1H/t11-,12+;/m0./s1. The number of phenolic OH excluding ortho intramolecular Hbond substituents is 1. The predicted molar refractivity (Wildman–Crippen MR) is 93.3 cm³/mol. The molecule has 4 N–H and O–H groups in total. The molecule has 0 aliphatic heterocycles. The minimum Gasteiger partial charge on any atom is -0.506 e. The van der Waals surface area contributed by atoms with Gasteiger partial charge in [-0.15, -0.1) is 12.4 Å². The molecule has 0 spiro atoms. The first-order chi connectivity index (χ1) is 8.93. The van der Waals surface area contributed by atoms with Crippen molar-refractivity contribution in [2.24, 2.45) is 11.7 Å². The van der Waals surface area contributed by atoms with Crippen LogP contribution in [0.1, 0.15) is 37.3 Å². The Morgan fingerprint density at radius 1 is 1.15 bits per heavy atom. The Bertz CT molecular complexity index is 481. The summed E-state index contributed by atoms with van der Waals surface area (Å²) in [5, 5.41) is 20.4. The van der Waals surface area contributed by atoms with Gasteiger partial charge < -0.3 is 15.9 Å². The minimum absolute atomic E-state index is 0. The van der Waals surface area contributed by atoms with E-state index in [1.807, 2.05) is 0 Å². The van der Waals surface area contributed by atoms with Gasteiger partial charge >= 0.3 is 0 Å². The summed E-state index contributed by atoms with van der Waals surface area (Å²) in [5.41, 5.74) is 6.91. The third kappa shape index (κ3) is 3.70. The van der Waals surface area contributed by atoms with Gasteiger partial charge in [0.2, 0.25) is 0 Å². The number of aliphatic hydroxyl groups excluding tert-OH is 1. The van der Waals surface area contributed by atoms with Crippen LogP contribution in [0.4, 0.5) is 0 Å². The molecule has 1 aliphatic rings. The molecular weight excluding hydrogens is 477 g/mol. The lowest BCUT2D eigenvalue weighted by atomic mass is 9.91. The number of aliphatic hydroxyl groups is 1. The van der Waals surface area contributed by atoms with Gasteiger partial charge in [0.25, 0.3) is 0 Å². The topological polar surface area (TPSA) is 66.5 Å². The molecule has 0 heterocycles. The number of benzene rings is 1. The van der Waals surface area contributed by atoms with Crippen LogP contribution in [0.5, 0.6) is 5.75 Å². The Morgan fingerprint density at radius 2 is 1.70 bits per heavy atom. The van der Waals surface area contributed by atoms with Crippen molar-refractivity contribution >= 4 is 60.2 Å². The van der Waals surface area contributed by atoms with Gasteiger partial charge in [0.15, 0.2) is 0 Å². The molecule has 1 saturated carbocycles. The average Bonchev–Trinajstić information content (AvgIpc) is 2.88. The molecule has 2 atom stereocenters. The summed E-state index contributed by atoms with van der Waals surface area (Å²) < 4.78 is 1.88. The number of rotatable bonds is 3. The van der Waals surface area contributed by atoms with E-state index in [4.69, 9.17) is 5.73 Å². The van der Waals surface area contributed by atoms with E-state index in [0.717, 1.165) is 30.2 Å². The highest BCUT2D eigenvalue weighted by molar-refractivity contribution is 9.11. The van der Waals surface area contributed by atoms with Gasteiger partial charge in [-0.2, -0.15) is 0 Å². The first-order valence-electron chi connectivity index (χ1n) is 6.23. The van der Waals surface area contributed by atoms with Crippen molar-refractivity contribution in [3.8, 4) is 5.75 Å². The van der Waals surface area contributed by atoms with Gasteiger partial charge in [-0.3, -0.25) is 0 Å². The normalized spacial score (nSPS) is 18.6. The van der Waals surface area contributed by atoms with Crippen LogP contribution in [0, 0.1) is 5.92 Å². The monoisotopic (exact) mass is 491 g/mol. The largest absolute Gasteiger partial charge is 0.506 e. The Morgan fingerprint density at radius 3 is 2.25 bits per heavy atom. The summed E-state index contributed by atoms with van der Waals surface area (Å²) in [5.74, 6) is 0.354. The Balaban J connectivity index is 0.00000200. The van der Waals surface area contributed by atoms with Crippen LogP contribution < -0.4 is 5.73 Å². The first kappa shape index (κ1) is 18.7. The number of halogens is 4. The highest BCUT2D eigenvalue weighted by Gasteiger charge is 2.31. The zero-order valence-electron chi connectivity index (χ0n) is 10.7. The summed E-state index contributed by atoms with van der Waals surface area (Å²) in [6, 6.07) is 1.22. The fraction of sp³-hybridized carbons (Fsp3) is 0.538. The summed E-state index contributed by atoms with van der Waals surface area (Å²) in [6.07, 6.45) is 3.76. The third-order valence-electron chi connectivity index (χ3n) is 3.77. The molecule has 1 fully saturated rings. The fourth-order valence-electron chi connectivity index (χ4n) is 2.66. The Hall–Kier alpha value is 0.670. The van der Waals surface area contributed by atoms with E-state index >= 15 is 0 Å². The van der Waals surface area contributed by atoms with E-state index in [2.05, 4.69) is 47.8 Å². The molecule has 0 amide bonds. The van der Waals surface area contributed by atoms with E-state index < -0.39 is 12.1 Å². The molecule has 0 bridgehead atoms. The molecule has 0 radical (unpaired) electrons. The first-order valence-corrected chi connectivity index (χ1v) is 8.61. The summed E-state index contributed by atoms with van der Waals surface area (Å²) >= 11 is 10.1. The number of aromatic hydroxyl groups is 1. The molecule has 0 aromatic heterocycles. The maximum atomic E-state index is 10.4. The second kappa shape index (κ2) is 7.79. The van der Waals surface area contributed by atoms with Crippen molar-refractivity contribution in [2.75, 3.05) is 0 Å². The van der Waals surface area contributed by atoms with E-state index in [1.54, 1.807) is 6.07 Å². The second-order valence-electron chi connectivity index (χ2n) is 4.98. The predicted octanol–water partition coefficient (Wildman–Crippen LogP) is 4.65. The number of phenols is 1. The molecule has 1 aromatic rings. The molecule has 0 unspecified atom stereocenters. The molecule has 1 aromatic carbocycles. The SMILES string of the molecule is Cl.N[C@@H](c1c(Br)cc(Br)c(O)c1Br)[C@H](O)C1CCCC1. The zero-order valence-corrected chi connectivity index (χ0v) is 16.2. The van der Waals surface area contributed by atoms with E-state index in [1.165, 1.54) is 0 Å². The minimum atomic E-state index is -0.587. The average molecular weight is 494 g/mol. The summed E-state index contributed by atoms with van der Waals surface area (Å²) in [7, 11) is 0. The van der Waals surface area contributed by atoms with E-state index in [0.29, 0.717) is 14.5 Å². The quantitative estimate of drug-likeness (QED) is 0.573. The van der Waals surface area contributed by atoms with E-state index in [9.17, 15) is 10.2 Å². The van der Waals surface area contributed by atoms with Crippen molar-refractivity contribution in [2.45, 2.75) is 37.8 Å². The van der Waals surface area contributed by atoms with Crippen molar-refractivity contribution in [1.29, 1.82) is 0 Å². The zero-order chi connectivity index (χ0) is 14.2. The van der Waals surface area contributed by atoms with Crippen molar-refractivity contribution in [3.63, 3.8) is 0 Å². The van der Waals surface area contributed by atoms with Gasteiger partial charge in [-0.25, -0.2) is 0 Å². The molecule has 1 aliphatic carbocycles. The molecule has 114 valence electrons. The van der Waals surface area contributed by atoms with Crippen LogP contribution >= 0.6 is 60.2 Å². The van der Waals surface area contributed by atoms with Crippen molar-refractivity contribution < 1.29 is 10.2 Å². The smallest absolute Gasteiger partial charge is 0.144 e. The highest BCUT2D eigenvalue weighted by Crippen LogP contribution is 2.44. The third-order valence-corrected chi connectivity index (χ3v) is 5.83. The van der Waals surface area contributed by atoms with Gasteiger partial charge in [0, 0.05) is 10.0 Å². The van der Waals surface area contributed by atoms with E-state index in [-0.39, 0.29) is 24.1 Å². The van der Waals surface area contributed by atoms with Crippen LogP contribution in [-0.2, 0) is 0 Å². The molecule has 2 rings (SSSR count). The second-order valence-corrected chi connectivity index (χ2v) is 7.48. The Labute approximate surface area is 150 Å².